The van der Waals surface area contributed by atoms with E-state index in [-0.39, 0.29) is 5.41 Å². The Morgan fingerprint density at radius 3 is 2.71 bits per heavy atom. The zero-order valence-corrected chi connectivity index (χ0v) is 11.8. The minimum absolute atomic E-state index is 0.145. The molecule has 0 amide bonds. The van der Waals surface area contributed by atoms with Gasteiger partial charge >= 0.3 is 0 Å². The maximum atomic E-state index is 9.01. The minimum atomic E-state index is -0.145. The lowest BCUT2D eigenvalue weighted by molar-refractivity contribution is 0.185. The Morgan fingerprint density at radius 2 is 2.06 bits per heavy atom. The number of nitriles is 1. The van der Waals surface area contributed by atoms with Crippen molar-refractivity contribution in [3.8, 4) is 6.07 Å². The Hall–Kier alpha value is -0.550. The lowest BCUT2D eigenvalue weighted by atomic mass is 9.89. The largest absolute Gasteiger partial charge is 0.300 e. The first kappa shape index (κ1) is 14.5. The van der Waals surface area contributed by atoms with Crippen molar-refractivity contribution in [2.24, 2.45) is 5.41 Å². The zero-order chi connectivity index (χ0) is 12.7. The van der Waals surface area contributed by atoms with Crippen LogP contribution in [0, 0.1) is 16.7 Å². The molecule has 0 N–H and O–H groups in total. The molecule has 0 saturated carbocycles. The predicted molar refractivity (Wildman–Crippen MR) is 72.7 cm³/mol. The summed E-state index contributed by atoms with van der Waals surface area (Å²) in [6.45, 7) is 8.86. The van der Waals surface area contributed by atoms with E-state index in [4.69, 9.17) is 5.26 Å². The highest BCUT2D eigenvalue weighted by Gasteiger charge is 2.21. The zero-order valence-electron chi connectivity index (χ0n) is 11.8. The Kier molecular flexibility index (Phi) is 5.98. The molecule has 1 heterocycles. The van der Waals surface area contributed by atoms with Crippen molar-refractivity contribution in [2.75, 3.05) is 13.1 Å². The second-order valence-electron chi connectivity index (χ2n) is 6.05. The molecule has 1 rings (SSSR count). The topological polar surface area (TPSA) is 27.0 Å². The molecule has 0 aromatic rings. The minimum Gasteiger partial charge on any atom is -0.300 e. The SMILES string of the molecule is CCC1CCCCCN1CCCC(C)(C)C#N. The Bertz CT molecular complexity index is 252. The molecule has 0 aliphatic carbocycles. The standard InChI is InChI=1S/C15H28N2/c1-4-14-9-6-5-7-11-17(14)12-8-10-15(2,3)13-16/h14H,4-12H2,1-3H3. The van der Waals surface area contributed by atoms with Crippen LogP contribution in [0.2, 0.25) is 0 Å². The second kappa shape index (κ2) is 7.01. The lowest BCUT2D eigenvalue weighted by Crippen LogP contribution is -2.35. The fourth-order valence-corrected chi connectivity index (χ4v) is 2.77. The fourth-order valence-electron chi connectivity index (χ4n) is 2.77. The molecular formula is C15H28N2. The van der Waals surface area contributed by atoms with Crippen molar-refractivity contribution in [3.63, 3.8) is 0 Å². The number of hydrogen-bond acceptors (Lipinski definition) is 2. The smallest absolute Gasteiger partial charge is 0.0683 e. The molecule has 2 nitrogen and oxygen atoms in total. The highest BCUT2D eigenvalue weighted by molar-refractivity contribution is 4.91. The Balaban J connectivity index is 2.35. The molecule has 0 radical (unpaired) electrons. The molecule has 1 aliphatic heterocycles. The quantitative estimate of drug-likeness (QED) is 0.722. The van der Waals surface area contributed by atoms with Crippen molar-refractivity contribution in [1.82, 2.24) is 4.90 Å². The van der Waals surface area contributed by atoms with Crippen LogP contribution in [0.5, 0.6) is 0 Å². The van der Waals surface area contributed by atoms with Gasteiger partial charge in [-0.05, 0) is 59.0 Å². The number of likely N-dealkylation sites (tertiary alicyclic amines) is 1. The molecule has 1 saturated heterocycles. The van der Waals surface area contributed by atoms with E-state index in [1.807, 2.05) is 13.8 Å². The third-order valence-corrected chi connectivity index (χ3v) is 4.02. The van der Waals surface area contributed by atoms with Gasteiger partial charge in [0, 0.05) is 6.04 Å². The van der Waals surface area contributed by atoms with E-state index in [2.05, 4.69) is 17.9 Å². The van der Waals surface area contributed by atoms with Gasteiger partial charge in [-0.15, -0.1) is 0 Å². The molecule has 1 aliphatic rings. The Labute approximate surface area is 107 Å². The van der Waals surface area contributed by atoms with Crippen LogP contribution in [0.25, 0.3) is 0 Å². The summed E-state index contributed by atoms with van der Waals surface area (Å²) in [6, 6.07) is 3.19. The molecule has 0 aromatic carbocycles. The number of nitrogens with zero attached hydrogens (tertiary/aromatic N) is 2. The van der Waals surface area contributed by atoms with Gasteiger partial charge in [0.1, 0.15) is 0 Å². The monoisotopic (exact) mass is 236 g/mol. The van der Waals surface area contributed by atoms with E-state index >= 15 is 0 Å². The second-order valence-corrected chi connectivity index (χ2v) is 6.05. The van der Waals surface area contributed by atoms with Gasteiger partial charge in [0.05, 0.1) is 11.5 Å². The summed E-state index contributed by atoms with van der Waals surface area (Å²) in [5.41, 5.74) is -0.145. The summed E-state index contributed by atoms with van der Waals surface area (Å²) < 4.78 is 0. The molecule has 0 spiro atoms. The maximum Gasteiger partial charge on any atom is 0.0683 e. The van der Waals surface area contributed by atoms with E-state index in [1.54, 1.807) is 0 Å². The van der Waals surface area contributed by atoms with Crippen LogP contribution in [0.4, 0.5) is 0 Å². The molecule has 2 heteroatoms. The van der Waals surface area contributed by atoms with Crippen LogP contribution < -0.4 is 0 Å². The average Bonchev–Trinajstić information content (AvgIpc) is 2.54. The van der Waals surface area contributed by atoms with Crippen molar-refractivity contribution < 1.29 is 0 Å². The summed E-state index contributed by atoms with van der Waals surface area (Å²) in [5.74, 6) is 0. The van der Waals surface area contributed by atoms with Crippen LogP contribution in [-0.2, 0) is 0 Å². The first-order valence-electron chi connectivity index (χ1n) is 7.24. The molecule has 1 unspecified atom stereocenters. The molecule has 0 aromatic heterocycles. The van der Waals surface area contributed by atoms with E-state index in [1.165, 1.54) is 45.2 Å². The van der Waals surface area contributed by atoms with Crippen molar-refractivity contribution in [3.05, 3.63) is 0 Å². The van der Waals surface area contributed by atoms with Crippen LogP contribution in [0.3, 0.4) is 0 Å². The summed E-state index contributed by atoms with van der Waals surface area (Å²) in [7, 11) is 0. The third-order valence-electron chi connectivity index (χ3n) is 4.02. The van der Waals surface area contributed by atoms with Gasteiger partial charge in [-0.2, -0.15) is 5.26 Å². The van der Waals surface area contributed by atoms with Gasteiger partial charge < -0.3 is 4.90 Å². The molecule has 98 valence electrons. The van der Waals surface area contributed by atoms with Crippen LogP contribution in [0.15, 0.2) is 0 Å². The molecular weight excluding hydrogens is 208 g/mol. The van der Waals surface area contributed by atoms with E-state index < -0.39 is 0 Å². The first-order chi connectivity index (χ1) is 8.09. The number of rotatable bonds is 5. The fraction of sp³-hybridized carbons (Fsp3) is 0.933. The van der Waals surface area contributed by atoms with Gasteiger partial charge in [-0.1, -0.05) is 19.8 Å². The summed E-state index contributed by atoms with van der Waals surface area (Å²) in [6.07, 6.45) is 9.00. The summed E-state index contributed by atoms with van der Waals surface area (Å²) >= 11 is 0. The van der Waals surface area contributed by atoms with Crippen LogP contribution >= 0.6 is 0 Å². The van der Waals surface area contributed by atoms with Gasteiger partial charge in [-0.3, -0.25) is 0 Å². The molecule has 1 atom stereocenters. The van der Waals surface area contributed by atoms with Gasteiger partial charge in [-0.25, -0.2) is 0 Å². The van der Waals surface area contributed by atoms with Gasteiger partial charge in [0.15, 0.2) is 0 Å². The Morgan fingerprint density at radius 1 is 1.29 bits per heavy atom. The van der Waals surface area contributed by atoms with E-state index in [0.29, 0.717) is 0 Å². The van der Waals surface area contributed by atoms with Crippen LogP contribution in [-0.4, -0.2) is 24.0 Å². The lowest BCUT2D eigenvalue weighted by Gasteiger charge is -2.29. The highest BCUT2D eigenvalue weighted by atomic mass is 15.1. The van der Waals surface area contributed by atoms with Gasteiger partial charge in [0.2, 0.25) is 0 Å². The normalized spacial score (nSPS) is 23.1. The van der Waals surface area contributed by atoms with Crippen molar-refractivity contribution in [2.45, 2.75) is 71.8 Å². The average molecular weight is 236 g/mol. The number of hydrogen-bond donors (Lipinski definition) is 0. The molecule has 17 heavy (non-hydrogen) atoms. The van der Waals surface area contributed by atoms with Crippen molar-refractivity contribution >= 4 is 0 Å². The van der Waals surface area contributed by atoms with Crippen molar-refractivity contribution in [1.29, 1.82) is 5.26 Å². The predicted octanol–water partition coefficient (Wildman–Crippen LogP) is 3.97. The maximum absolute atomic E-state index is 9.01. The van der Waals surface area contributed by atoms with E-state index in [0.717, 1.165) is 18.9 Å². The summed E-state index contributed by atoms with van der Waals surface area (Å²) in [5, 5.41) is 9.01. The highest BCUT2D eigenvalue weighted by Crippen LogP contribution is 2.23. The first-order valence-corrected chi connectivity index (χ1v) is 7.24. The third kappa shape index (κ3) is 5.08. The summed E-state index contributed by atoms with van der Waals surface area (Å²) in [4.78, 5) is 2.67. The van der Waals surface area contributed by atoms with Crippen LogP contribution in [0.1, 0.15) is 65.7 Å². The molecule has 0 bridgehead atoms. The van der Waals surface area contributed by atoms with E-state index in [9.17, 15) is 0 Å². The molecule has 1 fully saturated rings. The van der Waals surface area contributed by atoms with Gasteiger partial charge in [0.25, 0.3) is 0 Å².